The normalized spacial score (nSPS) is 10.2. The molecule has 0 radical (unpaired) electrons. The molecule has 0 amide bonds. The van der Waals surface area contributed by atoms with Crippen molar-refractivity contribution >= 4 is 51.3 Å². The van der Waals surface area contributed by atoms with Crippen LogP contribution in [0, 0.1) is 6.92 Å². The number of hydrogen-bond acceptors (Lipinski definition) is 7. The Morgan fingerprint density at radius 2 is 1.66 bits per heavy atom. The lowest BCUT2D eigenvalue weighted by Gasteiger charge is -2.14. The number of carbonyl (C=O) groups excluding carboxylic acids is 2. The average molecular weight is 437 g/mol. The van der Waals surface area contributed by atoms with Gasteiger partial charge >= 0.3 is 11.9 Å². The lowest BCUT2D eigenvalue weighted by molar-refractivity contribution is 0.0527. The Kier molecular flexibility index (Phi) is 8.41. The molecule has 29 heavy (non-hydrogen) atoms. The first-order chi connectivity index (χ1) is 13.9. The van der Waals surface area contributed by atoms with Gasteiger partial charge in [0.05, 0.1) is 31.1 Å². The highest BCUT2D eigenvalue weighted by atomic mass is 32.1. The van der Waals surface area contributed by atoms with E-state index in [0.717, 1.165) is 11.3 Å². The summed E-state index contributed by atoms with van der Waals surface area (Å²) in [6, 6.07) is 7.37. The third-order valence-electron chi connectivity index (χ3n) is 3.75. The fraction of sp³-hybridized carbons (Fsp3) is 0.350. The van der Waals surface area contributed by atoms with Crippen molar-refractivity contribution in [2.24, 2.45) is 0 Å². The Morgan fingerprint density at radius 3 is 2.31 bits per heavy atom. The van der Waals surface area contributed by atoms with E-state index < -0.39 is 11.9 Å². The molecule has 0 bridgehead atoms. The van der Waals surface area contributed by atoms with Crippen molar-refractivity contribution in [3.63, 3.8) is 0 Å². The predicted octanol–water partition coefficient (Wildman–Crippen LogP) is 4.62. The number of nitrogens with one attached hydrogen (secondary N) is 2. The minimum atomic E-state index is -0.531. The summed E-state index contributed by atoms with van der Waals surface area (Å²) >= 11 is 6.50. The molecule has 2 N–H and O–H groups in total. The van der Waals surface area contributed by atoms with Crippen LogP contribution in [-0.2, 0) is 9.47 Å². The Bertz CT molecular complexity index is 895. The lowest BCUT2D eigenvalue weighted by atomic mass is 10.1. The molecule has 0 saturated heterocycles. The van der Waals surface area contributed by atoms with Crippen LogP contribution in [0.3, 0.4) is 0 Å². The lowest BCUT2D eigenvalue weighted by Crippen LogP contribution is -2.20. The number of ether oxygens (including phenoxy) is 3. The number of carbonyl (C=O) groups is 2. The molecule has 0 aliphatic carbocycles. The first-order valence-electron chi connectivity index (χ1n) is 9.20. The van der Waals surface area contributed by atoms with Crippen molar-refractivity contribution in [3.05, 3.63) is 40.3 Å². The highest BCUT2D eigenvalue weighted by molar-refractivity contribution is 7.80. The summed E-state index contributed by atoms with van der Waals surface area (Å²) in [6.45, 7) is 7.98. The van der Waals surface area contributed by atoms with E-state index in [1.165, 1.54) is 0 Å². The molecule has 9 heteroatoms. The zero-order valence-electron chi connectivity index (χ0n) is 16.8. The van der Waals surface area contributed by atoms with Crippen molar-refractivity contribution in [1.29, 1.82) is 0 Å². The van der Waals surface area contributed by atoms with Crippen LogP contribution >= 0.6 is 23.6 Å². The van der Waals surface area contributed by atoms with Gasteiger partial charge < -0.3 is 24.8 Å². The Hall–Kier alpha value is -2.65. The second-order valence-electron chi connectivity index (χ2n) is 5.71. The fourth-order valence-electron chi connectivity index (χ4n) is 2.55. The summed E-state index contributed by atoms with van der Waals surface area (Å²) in [6.07, 6.45) is 0. The highest BCUT2D eigenvalue weighted by Gasteiger charge is 2.27. The van der Waals surface area contributed by atoms with Gasteiger partial charge in [-0.05, 0) is 57.6 Å². The van der Waals surface area contributed by atoms with Crippen molar-refractivity contribution in [2.45, 2.75) is 27.7 Å². The van der Waals surface area contributed by atoms with Gasteiger partial charge in [0.2, 0.25) is 0 Å². The molecule has 0 fully saturated rings. The molecule has 0 aliphatic heterocycles. The van der Waals surface area contributed by atoms with Gasteiger partial charge in [-0.15, -0.1) is 11.3 Å². The summed E-state index contributed by atoms with van der Waals surface area (Å²) in [5.41, 5.74) is 1.44. The number of esters is 2. The van der Waals surface area contributed by atoms with E-state index in [1.807, 2.05) is 31.2 Å². The quantitative estimate of drug-likeness (QED) is 0.458. The summed E-state index contributed by atoms with van der Waals surface area (Å²) in [7, 11) is 0. The summed E-state index contributed by atoms with van der Waals surface area (Å²) in [5.74, 6) is -0.370. The number of thiocarbonyl (C=S) groups is 1. The first-order valence-corrected chi connectivity index (χ1v) is 10.4. The smallest absolute Gasteiger partial charge is 0.348 e. The molecule has 0 unspecified atom stereocenters. The van der Waals surface area contributed by atoms with E-state index in [4.69, 9.17) is 26.4 Å². The van der Waals surface area contributed by atoms with Crippen LogP contribution in [0.25, 0.3) is 0 Å². The Balaban J connectivity index is 2.30. The van der Waals surface area contributed by atoms with Gasteiger partial charge in [0.15, 0.2) is 5.11 Å². The van der Waals surface area contributed by atoms with E-state index in [1.54, 1.807) is 20.8 Å². The third kappa shape index (κ3) is 5.68. The van der Waals surface area contributed by atoms with E-state index in [2.05, 4.69) is 10.6 Å². The number of benzene rings is 1. The molecule has 7 nitrogen and oxygen atoms in total. The molecule has 1 aromatic heterocycles. The predicted molar refractivity (Wildman–Crippen MR) is 118 cm³/mol. The SMILES string of the molecule is CCOC(=O)c1sc(NC(=S)Nc2ccccc2OCC)c(C(=O)OCC)c1C. The van der Waals surface area contributed by atoms with Crippen LogP contribution in [0.5, 0.6) is 5.75 Å². The number of rotatable bonds is 8. The summed E-state index contributed by atoms with van der Waals surface area (Å²) in [5, 5.41) is 6.72. The first kappa shape index (κ1) is 22.6. The van der Waals surface area contributed by atoms with Crippen molar-refractivity contribution in [2.75, 3.05) is 30.5 Å². The van der Waals surface area contributed by atoms with Gasteiger partial charge in [-0.25, -0.2) is 9.59 Å². The maximum Gasteiger partial charge on any atom is 0.348 e. The molecule has 2 aromatic rings. The molecular weight excluding hydrogens is 412 g/mol. The molecule has 156 valence electrons. The van der Waals surface area contributed by atoms with E-state index >= 15 is 0 Å². The zero-order chi connectivity index (χ0) is 21.4. The molecular formula is C20H24N2O5S2. The third-order valence-corrected chi connectivity index (χ3v) is 5.14. The summed E-state index contributed by atoms with van der Waals surface area (Å²) in [4.78, 5) is 25.0. The minimum absolute atomic E-state index is 0.215. The number of thiophene rings is 1. The Labute approximate surface area is 179 Å². The van der Waals surface area contributed by atoms with Crippen LogP contribution in [0.15, 0.2) is 24.3 Å². The number of hydrogen-bond donors (Lipinski definition) is 2. The molecule has 1 aromatic carbocycles. The van der Waals surface area contributed by atoms with Crippen molar-refractivity contribution < 1.29 is 23.8 Å². The Morgan fingerprint density at radius 1 is 1.00 bits per heavy atom. The largest absolute Gasteiger partial charge is 0.492 e. The average Bonchev–Trinajstić information content (AvgIpc) is 3.00. The van der Waals surface area contributed by atoms with E-state index in [0.29, 0.717) is 33.5 Å². The van der Waals surface area contributed by atoms with Crippen LogP contribution in [0.4, 0.5) is 10.7 Å². The molecule has 0 aliphatic rings. The van der Waals surface area contributed by atoms with Gasteiger partial charge in [-0.2, -0.15) is 0 Å². The molecule has 0 spiro atoms. The topological polar surface area (TPSA) is 85.9 Å². The van der Waals surface area contributed by atoms with Crippen molar-refractivity contribution in [3.8, 4) is 5.75 Å². The molecule has 0 atom stereocenters. The van der Waals surface area contributed by atoms with Gasteiger partial charge in [0, 0.05) is 0 Å². The number of anilines is 2. The van der Waals surface area contributed by atoms with E-state index in [9.17, 15) is 9.59 Å². The summed E-state index contributed by atoms with van der Waals surface area (Å²) < 4.78 is 15.8. The van der Waals surface area contributed by atoms with Gasteiger partial charge in [-0.3, -0.25) is 0 Å². The molecule has 2 rings (SSSR count). The number of para-hydroxylation sites is 2. The monoisotopic (exact) mass is 436 g/mol. The van der Waals surface area contributed by atoms with E-state index in [-0.39, 0.29) is 23.9 Å². The minimum Gasteiger partial charge on any atom is -0.492 e. The second kappa shape index (κ2) is 10.8. The van der Waals surface area contributed by atoms with Gasteiger partial charge in [0.25, 0.3) is 0 Å². The molecule has 0 saturated carbocycles. The molecule has 1 heterocycles. The van der Waals surface area contributed by atoms with Gasteiger partial charge in [-0.1, -0.05) is 12.1 Å². The van der Waals surface area contributed by atoms with Crippen LogP contribution in [0.2, 0.25) is 0 Å². The highest BCUT2D eigenvalue weighted by Crippen LogP contribution is 2.34. The maximum atomic E-state index is 12.5. The zero-order valence-corrected chi connectivity index (χ0v) is 18.4. The fourth-order valence-corrected chi connectivity index (χ4v) is 3.92. The van der Waals surface area contributed by atoms with Crippen LogP contribution in [-0.4, -0.2) is 36.9 Å². The van der Waals surface area contributed by atoms with Crippen LogP contribution < -0.4 is 15.4 Å². The van der Waals surface area contributed by atoms with Crippen LogP contribution in [0.1, 0.15) is 46.4 Å². The maximum absolute atomic E-state index is 12.5. The standard InChI is InChI=1S/C20H24N2O5S2/c1-5-25-14-11-9-8-10-13(14)21-20(28)22-17-15(18(23)26-6-2)12(4)16(29-17)19(24)27-7-3/h8-11H,5-7H2,1-4H3,(H2,21,22,28). The van der Waals surface area contributed by atoms with Gasteiger partial charge in [0.1, 0.15) is 15.6 Å². The second-order valence-corrected chi connectivity index (χ2v) is 7.14. The van der Waals surface area contributed by atoms with Crippen molar-refractivity contribution in [1.82, 2.24) is 0 Å².